The molecule has 26 heavy (non-hydrogen) atoms. The number of hydrogen-bond donors (Lipinski definition) is 1. The summed E-state index contributed by atoms with van der Waals surface area (Å²) in [5.74, 6) is -0.366. The number of benzene rings is 1. The molecule has 2 atom stereocenters. The van der Waals surface area contributed by atoms with Crippen LogP contribution in [-0.2, 0) is 16.6 Å². The molecule has 2 heterocycles. The van der Waals surface area contributed by atoms with Crippen LogP contribution in [-0.4, -0.2) is 48.3 Å². The van der Waals surface area contributed by atoms with E-state index in [0.717, 1.165) is 12.1 Å². The summed E-state index contributed by atoms with van der Waals surface area (Å²) in [7, 11) is -3.39. The molecule has 146 valence electrons. The second-order valence-corrected chi connectivity index (χ2v) is 9.71. The number of halogens is 1. The molecule has 0 saturated carbocycles. The molecule has 5 nitrogen and oxygen atoms in total. The predicted molar refractivity (Wildman–Crippen MR) is 101 cm³/mol. The van der Waals surface area contributed by atoms with Crippen molar-refractivity contribution >= 4 is 15.7 Å². The zero-order valence-corrected chi connectivity index (χ0v) is 16.4. The Morgan fingerprint density at radius 3 is 2.50 bits per heavy atom. The van der Waals surface area contributed by atoms with Crippen LogP contribution in [0.25, 0.3) is 0 Å². The van der Waals surface area contributed by atoms with Gasteiger partial charge in [-0.05, 0) is 51.2 Å². The van der Waals surface area contributed by atoms with Crippen molar-refractivity contribution in [2.24, 2.45) is 0 Å². The number of sulfonamides is 1. The molecule has 2 aliphatic heterocycles. The molecule has 0 spiro atoms. The lowest BCUT2D eigenvalue weighted by Crippen LogP contribution is -2.47. The van der Waals surface area contributed by atoms with E-state index in [2.05, 4.69) is 4.90 Å². The number of anilines is 1. The Hall–Kier alpha value is -1.18. The third kappa shape index (κ3) is 3.89. The Kier molecular flexibility index (Phi) is 5.89. The van der Waals surface area contributed by atoms with Gasteiger partial charge >= 0.3 is 0 Å². The second kappa shape index (κ2) is 7.82. The Balaban J connectivity index is 1.77. The van der Waals surface area contributed by atoms with Crippen LogP contribution in [0.15, 0.2) is 18.2 Å². The molecule has 0 amide bonds. The monoisotopic (exact) mass is 384 g/mol. The van der Waals surface area contributed by atoms with Gasteiger partial charge in [0.1, 0.15) is 5.82 Å². The van der Waals surface area contributed by atoms with Crippen molar-refractivity contribution < 1.29 is 17.9 Å². The normalized spacial score (nSPS) is 27.6. The van der Waals surface area contributed by atoms with Gasteiger partial charge in [-0.3, -0.25) is 0 Å². The van der Waals surface area contributed by atoms with Crippen LogP contribution in [0, 0.1) is 5.82 Å². The zero-order valence-electron chi connectivity index (χ0n) is 15.6. The van der Waals surface area contributed by atoms with E-state index in [9.17, 15) is 17.9 Å². The largest absolute Gasteiger partial charge is 0.393 e. The van der Waals surface area contributed by atoms with E-state index in [0.29, 0.717) is 44.3 Å². The third-order valence-corrected chi connectivity index (χ3v) is 8.35. The van der Waals surface area contributed by atoms with Crippen LogP contribution in [0.3, 0.4) is 0 Å². The molecule has 1 unspecified atom stereocenters. The average Bonchev–Trinajstić information content (AvgIpc) is 2.60. The average molecular weight is 385 g/mol. The van der Waals surface area contributed by atoms with Gasteiger partial charge in [0.05, 0.1) is 11.4 Å². The van der Waals surface area contributed by atoms with E-state index in [-0.39, 0.29) is 29.8 Å². The molecule has 2 fully saturated rings. The fourth-order valence-corrected chi connectivity index (χ4v) is 6.14. The molecule has 0 aliphatic carbocycles. The molecule has 0 radical (unpaired) electrons. The summed E-state index contributed by atoms with van der Waals surface area (Å²) in [5, 5.41) is 9.25. The lowest BCUT2D eigenvalue weighted by Gasteiger charge is -2.37. The van der Waals surface area contributed by atoms with Gasteiger partial charge in [0.15, 0.2) is 0 Å². The van der Waals surface area contributed by atoms with Gasteiger partial charge in [0, 0.05) is 36.9 Å². The number of aliphatic hydroxyl groups is 1. The van der Waals surface area contributed by atoms with Gasteiger partial charge in [0.2, 0.25) is 10.0 Å². The first kappa shape index (κ1) is 19.6. The van der Waals surface area contributed by atoms with Gasteiger partial charge < -0.3 is 10.0 Å². The first-order valence-electron chi connectivity index (χ1n) is 9.55. The Morgan fingerprint density at radius 2 is 1.88 bits per heavy atom. The first-order chi connectivity index (χ1) is 12.3. The van der Waals surface area contributed by atoms with Gasteiger partial charge in [-0.25, -0.2) is 12.8 Å². The molecule has 0 bridgehead atoms. The fourth-order valence-electron chi connectivity index (χ4n) is 3.98. The van der Waals surface area contributed by atoms with E-state index in [1.165, 1.54) is 10.4 Å². The maximum absolute atomic E-state index is 14.7. The minimum atomic E-state index is -3.39. The van der Waals surface area contributed by atoms with E-state index >= 15 is 0 Å². The van der Waals surface area contributed by atoms with E-state index in [1.54, 1.807) is 6.07 Å². The maximum Gasteiger partial charge on any atom is 0.217 e. The van der Waals surface area contributed by atoms with Gasteiger partial charge in [-0.2, -0.15) is 4.31 Å². The number of nitrogens with zero attached hydrogens (tertiary/aromatic N) is 2. The van der Waals surface area contributed by atoms with Crippen molar-refractivity contribution in [3.63, 3.8) is 0 Å². The van der Waals surface area contributed by atoms with Crippen LogP contribution in [0.5, 0.6) is 0 Å². The highest BCUT2D eigenvalue weighted by Gasteiger charge is 2.38. The SMILES string of the molecule is CCC1CC[C@H](C)N(Cc2ccc(N3CCC(O)CC3)cc2F)S1(=O)=O. The summed E-state index contributed by atoms with van der Waals surface area (Å²) in [6.07, 6.45) is 3.18. The molecule has 7 heteroatoms. The first-order valence-corrected chi connectivity index (χ1v) is 11.0. The Bertz CT molecular complexity index is 732. The molecule has 3 rings (SSSR count). The van der Waals surface area contributed by atoms with Crippen LogP contribution in [0.2, 0.25) is 0 Å². The molecule has 1 aromatic rings. The molecule has 2 saturated heterocycles. The van der Waals surface area contributed by atoms with Crippen LogP contribution in [0.1, 0.15) is 51.5 Å². The van der Waals surface area contributed by atoms with Crippen molar-refractivity contribution in [2.45, 2.75) is 69.9 Å². The van der Waals surface area contributed by atoms with Gasteiger partial charge in [-0.15, -0.1) is 0 Å². The highest BCUT2D eigenvalue weighted by Crippen LogP contribution is 2.31. The number of piperidine rings is 1. The molecule has 1 N–H and O–H groups in total. The quantitative estimate of drug-likeness (QED) is 0.867. The summed E-state index contributed by atoms with van der Waals surface area (Å²) in [5.41, 5.74) is 1.21. The highest BCUT2D eigenvalue weighted by molar-refractivity contribution is 7.89. The smallest absolute Gasteiger partial charge is 0.217 e. The summed E-state index contributed by atoms with van der Waals surface area (Å²) < 4.78 is 41.7. The Labute approximate surface area is 155 Å². The lowest BCUT2D eigenvalue weighted by atomic mass is 10.1. The van der Waals surface area contributed by atoms with Crippen LogP contribution in [0.4, 0.5) is 10.1 Å². The summed E-state index contributed by atoms with van der Waals surface area (Å²) >= 11 is 0. The summed E-state index contributed by atoms with van der Waals surface area (Å²) in [6.45, 7) is 5.28. The van der Waals surface area contributed by atoms with Gasteiger partial charge in [-0.1, -0.05) is 13.0 Å². The maximum atomic E-state index is 14.7. The van der Waals surface area contributed by atoms with Crippen molar-refractivity contribution in [1.82, 2.24) is 4.31 Å². The molecule has 2 aliphatic rings. The third-order valence-electron chi connectivity index (χ3n) is 5.79. The highest BCUT2D eigenvalue weighted by atomic mass is 32.2. The zero-order chi connectivity index (χ0) is 18.9. The van der Waals surface area contributed by atoms with E-state index in [4.69, 9.17) is 0 Å². The number of rotatable bonds is 4. The topological polar surface area (TPSA) is 60.9 Å². The Morgan fingerprint density at radius 1 is 1.19 bits per heavy atom. The summed E-state index contributed by atoms with van der Waals surface area (Å²) in [6, 6.07) is 4.94. The van der Waals surface area contributed by atoms with Crippen LogP contribution < -0.4 is 4.90 Å². The van der Waals surface area contributed by atoms with E-state index in [1.807, 2.05) is 19.9 Å². The van der Waals surface area contributed by atoms with Gasteiger partial charge in [0.25, 0.3) is 0 Å². The van der Waals surface area contributed by atoms with Crippen molar-refractivity contribution in [3.05, 3.63) is 29.6 Å². The van der Waals surface area contributed by atoms with Crippen LogP contribution >= 0.6 is 0 Å². The van der Waals surface area contributed by atoms with Crippen molar-refractivity contribution in [1.29, 1.82) is 0 Å². The summed E-state index contributed by atoms with van der Waals surface area (Å²) in [4.78, 5) is 2.06. The van der Waals surface area contributed by atoms with Crippen molar-refractivity contribution in [3.8, 4) is 0 Å². The fraction of sp³-hybridized carbons (Fsp3) is 0.684. The standard InChI is InChI=1S/C19H29FN2O3S/c1-3-18-7-4-14(2)22(26(18,24)25)13-15-5-6-16(12-19(15)20)21-10-8-17(23)9-11-21/h5-6,12,14,17-18,23H,3-4,7-11,13H2,1-2H3/t14-,18?/m0/s1. The lowest BCUT2D eigenvalue weighted by molar-refractivity contribution is 0.145. The molecular formula is C19H29FN2O3S. The number of hydrogen-bond acceptors (Lipinski definition) is 4. The molecule has 0 aromatic heterocycles. The minimum absolute atomic E-state index is 0.0881. The van der Waals surface area contributed by atoms with Crippen molar-refractivity contribution in [2.75, 3.05) is 18.0 Å². The van der Waals surface area contributed by atoms with E-state index < -0.39 is 10.0 Å². The number of aliphatic hydroxyl groups excluding tert-OH is 1. The molecular weight excluding hydrogens is 355 g/mol. The predicted octanol–water partition coefficient (Wildman–Crippen LogP) is 2.88. The second-order valence-electron chi connectivity index (χ2n) is 7.54. The minimum Gasteiger partial charge on any atom is -0.393 e. The molecule has 1 aromatic carbocycles.